The summed E-state index contributed by atoms with van der Waals surface area (Å²) in [5.41, 5.74) is 0.550. The van der Waals surface area contributed by atoms with E-state index in [1.807, 2.05) is 13.8 Å². The Morgan fingerprint density at radius 3 is 2.58 bits per heavy atom. The Balaban J connectivity index is 2.90. The van der Waals surface area contributed by atoms with Gasteiger partial charge in [-0.2, -0.15) is 0 Å². The van der Waals surface area contributed by atoms with Crippen molar-refractivity contribution in [2.75, 3.05) is 0 Å². The van der Waals surface area contributed by atoms with Gasteiger partial charge in [-0.1, -0.05) is 5.57 Å². The molecule has 0 aromatic carbocycles. The van der Waals surface area contributed by atoms with Gasteiger partial charge in [-0.05, 0) is 32.8 Å². The van der Waals surface area contributed by atoms with Crippen LogP contribution in [0.15, 0.2) is 11.6 Å². The van der Waals surface area contributed by atoms with E-state index in [-0.39, 0.29) is 5.78 Å². The van der Waals surface area contributed by atoms with Gasteiger partial charge in [-0.3, -0.25) is 4.79 Å². The van der Waals surface area contributed by atoms with Crippen molar-refractivity contribution in [3.05, 3.63) is 11.6 Å². The predicted molar refractivity (Wildman–Crippen MR) is 51.6 cm³/mol. The fourth-order valence-corrected chi connectivity index (χ4v) is 1.69. The van der Waals surface area contributed by atoms with Gasteiger partial charge in [0.2, 0.25) is 0 Å². The van der Waals surface area contributed by atoms with Crippen molar-refractivity contribution in [3.8, 4) is 0 Å². The molecule has 1 nitrogen and oxygen atoms in total. The topological polar surface area (TPSA) is 17.1 Å². The third kappa shape index (κ3) is 1.67. The molecule has 0 saturated heterocycles. The number of hydrogen-bond donors (Lipinski definition) is 0. The van der Waals surface area contributed by atoms with E-state index in [9.17, 15) is 4.79 Å². The van der Waals surface area contributed by atoms with Crippen molar-refractivity contribution >= 4 is 29.0 Å². The van der Waals surface area contributed by atoms with Crippen LogP contribution in [0.1, 0.15) is 26.7 Å². The van der Waals surface area contributed by atoms with E-state index < -0.39 is 10.3 Å². The zero-order valence-corrected chi connectivity index (χ0v) is 8.74. The average Bonchev–Trinajstić information content (AvgIpc) is 1.97. The van der Waals surface area contributed by atoms with Crippen molar-refractivity contribution in [2.45, 2.75) is 31.5 Å². The molecule has 0 saturated carbocycles. The van der Waals surface area contributed by atoms with Crippen LogP contribution in [0, 0.1) is 5.41 Å². The van der Waals surface area contributed by atoms with Crippen molar-refractivity contribution in [2.24, 2.45) is 5.41 Å². The smallest absolute Gasteiger partial charge is 0.164 e. The second-order valence-corrected chi connectivity index (χ2v) is 4.67. The van der Waals surface area contributed by atoms with Gasteiger partial charge in [-0.15, -0.1) is 23.2 Å². The van der Waals surface area contributed by atoms with Crippen LogP contribution in [0.25, 0.3) is 0 Å². The van der Waals surface area contributed by atoms with Crippen LogP contribution in [0.4, 0.5) is 0 Å². The van der Waals surface area contributed by atoms with Crippen LogP contribution >= 0.6 is 23.2 Å². The summed E-state index contributed by atoms with van der Waals surface area (Å²) in [6.45, 7) is 3.78. The molecule has 68 valence electrons. The molecule has 1 atom stereocenters. The van der Waals surface area contributed by atoms with Gasteiger partial charge < -0.3 is 0 Å². The molecular weight excluding hydrogens is 195 g/mol. The van der Waals surface area contributed by atoms with Gasteiger partial charge in [0, 0.05) is 0 Å². The minimum atomic E-state index is -0.602. The molecule has 0 bridgehead atoms. The van der Waals surface area contributed by atoms with E-state index in [1.54, 1.807) is 6.08 Å². The number of hydrogen-bond acceptors (Lipinski definition) is 1. The van der Waals surface area contributed by atoms with E-state index in [0.29, 0.717) is 0 Å². The Bertz CT molecular complexity index is 233. The molecule has 0 aliphatic heterocycles. The molecule has 1 rings (SSSR count). The SMILES string of the molecule is CC1=CC(=O)C(C)(C(Cl)Cl)CC1. The highest BCUT2D eigenvalue weighted by Crippen LogP contribution is 2.39. The molecule has 1 unspecified atom stereocenters. The first-order chi connectivity index (χ1) is 5.47. The Morgan fingerprint density at radius 2 is 2.17 bits per heavy atom. The molecule has 0 spiro atoms. The second-order valence-electron chi connectivity index (χ2n) is 3.57. The van der Waals surface area contributed by atoms with Gasteiger partial charge in [0.05, 0.1) is 5.41 Å². The standard InChI is InChI=1S/C9H12Cl2O/c1-6-3-4-9(2,8(10)11)7(12)5-6/h5,8H,3-4H2,1-2H3. The molecular formula is C9H12Cl2O. The first-order valence-corrected chi connectivity index (χ1v) is 4.84. The number of halogens is 2. The van der Waals surface area contributed by atoms with Crippen molar-refractivity contribution in [1.82, 2.24) is 0 Å². The van der Waals surface area contributed by atoms with Gasteiger partial charge in [-0.25, -0.2) is 0 Å². The van der Waals surface area contributed by atoms with E-state index in [4.69, 9.17) is 23.2 Å². The molecule has 0 amide bonds. The van der Waals surface area contributed by atoms with Crippen molar-refractivity contribution in [3.63, 3.8) is 0 Å². The molecule has 0 fully saturated rings. The van der Waals surface area contributed by atoms with Gasteiger partial charge in [0.25, 0.3) is 0 Å². The largest absolute Gasteiger partial charge is 0.294 e. The average molecular weight is 207 g/mol. The maximum absolute atomic E-state index is 11.5. The number of alkyl halides is 2. The zero-order valence-electron chi connectivity index (χ0n) is 7.23. The first kappa shape index (κ1) is 10.1. The lowest BCUT2D eigenvalue weighted by molar-refractivity contribution is -0.123. The van der Waals surface area contributed by atoms with E-state index in [2.05, 4.69) is 0 Å². The minimum absolute atomic E-state index is 0.0567. The Labute approximate surface area is 82.7 Å². The number of ketones is 1. The lowest BCUT2D eigenvalue weighted by Gasteiger charge is -2.31. The van der Waals surface area contributed by atoms with Gasteiger partial charge in [0.15, 0.2) is 5.78 Å². The summed E-state index contributed by atoms with van der Waals surface area (Å²) < 4.78 is 0. The number of rotatable bonds is 1. The van der Waals surface area contributed by atoms with Gasteiger partial charge >= 0.3 is 0 Å². The molecule has 0 aromatic rings. The lowest BCUT2D eigenvalue weighted by atomic mass is 9.77. The van der Waals surface area contributed by atoms with E-state index in [1.165, 1.54) is 0 Å². The summed E-state index contributed by atoms with van der Waals surface area (Å²) in [6, 6.07) is 0. The highest BCUT2D eigenvalue weighted by atomic mass is 35.5. The molecule has 0 N–H and O–H groups in total. The molecule has 0 heterocycles. The van der Waals surface area contributed by atoms with Crippen LogP contribution in [0.5, 0.6) is 0 Å². The summed E-state index contributed by atoms with van der Waals surface area (Å²) in [7, 11) is 0. The molecule has 0 radical (unpaired) electrons. The minimum Gasteiger partial charge on any atom is -0.294 e. The number of carbonyl (C=O) groups excluding carboxylic acids is 1. The lowest BCUT2D eigenvalue weighted by Crippen LogP contribution is -2.35. The molecule has 0 aromatic heterocycles. The maximum Gasteiger partial charge on any atom is 0.164 e. The van der Waals surface area contributed by atoms with Crippen LogP contribution in [-0.4, -0.2) is 10.6 Å². The zero-order chi connectivity index (χ0) is 9.35. The van der Waals surface area contributed by atoms with E-state index in [0.717, 1.165) is 18.4 Å². The highest BCUT2D eigenvalue weighted by Gasteiger charge is 2.39. The Kier molecular flexibility index (Phi) is 2.84. The van der Waals surface area contributed by atoms with Crippen LogP contribution in [0.3, 0.4) is 0 Å². The Morgan fingerprint density at radius 1 is 1.58 bits per heavy atom. The third-order valence-electron chi connectivity index (χ3n) is 2.46. The molecule has 3 heteroatoms. The summed E-state index contributed by atoms with van der Waals surface area (Å²) >= 11 is 11.5. The van der Waals surface area contributed by atoms with E-state index >= 15 is 0 Å². The quantitative estimate of drug-likeness (QED) is 0.603. The summed E-state index contributed by atoms with van der Waals surface area (Å²) in [4.78, 5) is 10.9. The van der Waals surface area contributed by atoms with Crippen LogP contribution < -0.4 is 0 Å². The molecule has 1 aliphatic carbocycles. The normalized spacial score (nSPS) is 30.8. The van der Waals surface area contributed by atoms with Crippen molar-refractivity contribution in [1.29, 1.82) is 0 Å². The van der Waals surface area contributed by atoms with Crippen LogP contribution in [0.2, 0.25) is 0 Å². The summed E-state index contributed by atoms with van der Waals surface area (Å²) in [5.74, 6) is 0.0567. The van der Waals surface area contributed by atoms with Gasteiger partial charge in [0.1, 0.15) is 4.84 Å². The monoisotopic (exact) mass is 206 g/mol. The Hall–Kier alpha value is -0.0100. The third-order valence-corrected chi connectivity index (χ3v) is 3.42. The summed E-state index contributed by atoms with van der Waals surface area (Å²) in [5, 5.41) is 0. The summed E-state index contributed by atoms with van der Waals surface area (Å²) in [6.07, 6.45) is 3.32. The van der Waals surface area contributed by atoms with Crippen molar-refractivity contribution < 1.29 is 4.79 Å². The fourth-order valence-electron chi connectivity index (χ4n) is 1.26. The highest BCUT2D eigenvalue weighted by molar-refractivity contribution is 6.46. The molecule has 1 aliphatic rings. The molecule has 12 heavy (non-hydrogen) atoms. The fraction of sp³-hybridized carbons (Fsp3) is 0.667. The first-order valence-electron chi connectivity index (χ1n) is 3.96. The predicted octanol–water partition coefficient (Wildman–Crippen LogP) is 3.11. The number of allylic oxidation sites excluding steroid dienone is 2. The number of carbonyl (C=O) groups is 1. The maximum atomic E-state index is 11.5. The van der Waals surface area contributed by atoms with Crippen LogP contribution in [-0.2, 0) is 4.79 Å². The second kappa shape index (κ2) is 3.39.